The number of hydrogen-bond acceptors (Lipinski definition) is 5. The highest BCUT2D eigenvalue weighted by Crippen LogP contribution is 2.32. The molecule has 0 saturated carbocycles. The minimum absolute atomic E-state index is 0.253. The fourth-order valence-corrected chi connectivity index (χ4v) is 4.11. The zero-order chi connectivity index (χ0) is 25.1. The molecule has 0 aliphatic heterocycles. The molecule has 0 aliphatic rings. The van der Waals surface area contributed by atoms with E-state index in [0.29, 0.717) is 19.6 Å². The van der Waals surface area contributed by atoms with Crippen molar-refractivity contribution >= 4 is 10.9 Å². The zero-order valence-electron chi connectivity index (χ0n) is 20.6. The summed E-state index contributed by atoms with van der Waals surface area (Å²) in [6, 6.07) is 21.0. The molecule has 0 atom stereocenters. The summed E-state index contributed by atoms with van der Waals surface area (Å²) in [6.45, 7) is 3.09. The zero-order valence-corrected chi connectivity index (χ0v) is 20.6. The average molecular weight is 482 g/mol. The van der Waals surface area contributed by atoms with Crippen LogP contribution in [0.15, 0.2) is 72.9 Å². The van der Waals surface area contributed by atoms with Crippen LogP contribution in [0, 0.1) is 12.7 Å². The predicted molar refractivity (Wildman–Crippen MR) is 141 cm³/mol. The lowest BCUT2D eigenvalue weighted by Gasteiger charge is -2.12. The monoisotopic (exact) mass is 481 g/mol. The van der Waals surface area contributed by atoms with Crippen LogP contribution in [0.25, 0.3) is 33.5 Å². The van der Waals surface area contributed by atoms with Gasteiger partial charge in [0.25, 0.3) is 0 Å². The minimum Gasteiger partial charge on any atom is -0.489 e. The average Bonchev–Trinajstić information content (AvgIpc) is 3.29. The number of pyridine rings is 2. The SMILES string of the molecule is Cc1cccc(-c2[nH]c(Cc3ccc(F)c(OCCN(C)C)c3)nc2-c2ccc3ncccc3c2)n1. The van der Waals surface area contributed by atoms with Crippen molar-refractivity contribution in [2.24, 2.45) is 0 Å². The van der Waals surface area contributed by atoms with Gasteiger partial charge >= 0.3 is 0 Å². The quantitative estimate of drug-likeness (QED) is 0.310. The molecule has 6 nitrogen and oxygen atoms in total. The van der Waals surface area contributed by atoms with Crippen LogP contribution >= 0.6 is 0 Å². The van der Waals surface area contributed by atoms with E-state index in [1.165, 1.54) is 6.07 Å². The molecule has 0 spiro atoms. The summed E-state index contributed by atoms with van der Waals surface area (Å²) < 4.78 is 20.0. The highest BCUT2D eigenvalue weighted by Gasteiger charge is 2.17. The van der Waals surface area contributed by atoms with Crippen LogP contribution in [0.2, 0.25) is 0 Å². The number of fused-ring (bicyclic) bond motifs is 1. The number of H-pyrrole nitrogens is 1. The number of hydrogen-bond donors (Lipinski definition) is 1. The third kappa shape index (κ3) is 5.26. The number of benzene rings is 2. The van der Waals surface area contributed by atoms with Gasteiger partial charge in [0.15, 0.2) is 11.6 Å². The van der Waals surface area contributed by atoms with Crippen molar-refractivity contribution < 1.29 is 9.13 Å². The Morgan fingerprint density at radius 3 is 2.69 bits per heavy atom. The van der Waals surface area contributed by atoms with Gasteiger partial charge in [0.05, 0.1) is 22.6 Å². The maximum atomic E-state index is 14.3. The first-order chi connectivity index (χ1) is 17.5. The third-order valence-electron chi connectivity index (χ3n) is 5.94. The van der Waals surface area contributed by atoms with Crippen molar-refractivity contribution in [3.63, 3.8) is 0 Å². The van der Waals surface area contributed by atoms with Gasteiger partial charge in [-0.3, -0.25) is 9.97 Å². The molecule has 5 rings (SSSR count). The van der Waals surface area contributed by atoms with Crippen molar-refractivity contribution in [3.8, 4) is 28.4 Å². The highest BCUT2D eigenvalue weighted by molar-refractivity contribution is 5.86. The highest BCUT2D eigenvalue weighted by atomic mass is 19.1. The molecule has 36 heavy (non-hydrogen) atoms. The smallest absolute Gasteiger partial charge is 0.165 e. The Labute approximate surface area is 209 Å². The van der Waals surface area contributed by atoms with Gasteiger partial charge in [-0.05, 0) is 69.0 Å². The van der Waals surface area contributed by atoms with Crippen molar-refractivity contribution in [2.75, 3.05) is 27.2 Å². The normalized spacial score (nSPS) is 11.4. The minimum atomic E-state index is -0.368. The maximum absolute atomic E-state index is 14.3. The predicted octanol–water partition coefficient (Wildman–Crippen LogP) is 5.67. The number of aryl methyl sites for hydroxylation is 1. The first-order valence-corrected chi connectivity index (χ1v) is 11.9. The first-order valence-electron chi connectivity index (χ1n) is 11.9. The van der Waals surface area contributed by atoms with E-state index in [1.807, 2.05) is 68.4 Å². The van der Waals surface area contributed by atoms with E-state index < -0.39 is 0 Å². The molecule has 0 fully saturated rings. The fourth-order valence-electron chi connectivity index (χ4n) is 4.11. The van der Waals surface area contributed by atoms with E-state index in [2.05, 4.69) is 16.0 Å². The Morgan fingerprint density at radius 2 is 1.86 bits per heavy atom. The second kappa shape index (κ2) is 10.3. The van der Waals surface area contributed by atoms with Crippen molar-refractivity contribution in [2.45, 2.75) is 13.3 Å². The third-order valence-corrected chi connectivity index (χ3v) is 5.94. The summed E-state index contributed by atoms with van der Waals surface area (Å²) in [5.41, 5.74) is 6.23. The van der Waals surface area contributed by atoms with Gasteiger partial charge in [0.1, 0.15) is 12.4 Å². The maximum Gasteiger partial charge on any atom is 0.165 e. The molecule has 0 radical (unpaired) electrons. The molecule has 0 unspecified atom stereocenters. The van der Waals surface area contributed by atoms with Crippen molar-refractivity contribution in [1.82, 2.24) is 24.8 Å². The molecule has 0 bridgehead atoms. The standard InChI is InChI=1S/C29H28FN5O/c1-19-6-4-8-25(32-19)29-28(22-10-12-24-21(18-22)7-5-13-31-24)33-27(34-29)17-20-9-11-23(30)26(16-20)36-15-14-35(2)3/h4-13,16,18H,14-15,17H2,1-3H3,(H,33,34). The number of nitrogens with zero attached hydrogens (tertiary/aromatic N) is 4. The van der Waals surface area contributed by atoms with Gasteiger partial charge in [-0.15, -0.1) is 0 Å². The number of rotatable bonds is 8. The second-order valence-corrected chi connectivity index (χ2v) is 9.08. The van der Waals surface area contributed by atoms with Gasteiger partial charge in [-0.1, -0.05) is 24.3 Å². The number of likely N-dealkylation sites (N-methyl/N-ethyl adjacent to an activating group) is 1. The molecule has 0 saturated heterocycles. The molecular formula is C29H28FN5O. The van der Waals surface area contributed by atoms with E-state index >= 15 is 0 Å². The lowest BCUT2D eigenvalue weighted by molar-refractivity contribution is 0.252. The number of aromatic nitrogens is 4. The van der Waals surface area contributed by atoms with E-state index in [1.54, 1.807) is 18.3 Å². The topological polar surface area (TPSA) is 66.9 Å². The Balaban J connectivity index is 1.51. The van der Waals surface area contributed by atoms with Crippen LogP contribution < -0.4 is 4.74 Å². The van der Waals surface area contributed by atoms with Gasteiger partial charge in [0.2, 0.25) is 0 Å². The molecule has 3 aromatic heterocycles. The number of imidazole rings is 1. The van der Waals surface area contributed by atoms with Crippen LogP contribution in [0.1, 0.15) is 17.1 Å². The van der Waals surface area contributed by atoms with E-state index in [0.717, 1.165) is 50.6 Å². The molecule has 1 N–H and O–H groups in total. The van der Waals surface area contributed by atoms with Crippen LogP contribution in [0.5, 0.6) is 5.75 Å². The Bertz CT molecular complexity index is 1510. The van der Waals surface area contributed by atoms with Crippen LogP contribution in [-0.4, -0.2) is 52.1 Å². The Hall–Kier alpha value is -4.10. The molecule has 3 heterocycles. The summed E-state index contributed by atoms with van der Waals surface area (Å²) in [5.74, 6) is 0.649. The Kier molecular flexibility index (Phi) is 6.73. The molecular weight excluding hydrogens is 453 g/mol. The summed E-state index contributed by atoms with van der Waals surface area (Å²) in [5, 5.41) is 1.04. The molecule has 182 valence electrons. The summed E-state index contributed by atoms with van der Waals surface area (Å²) in [6.07, 6.45) is 2.29. The van der Waals surface area contributed by atoms with Gasteiger partial charge in [-0.2, -0.15) is 0 Å². The first kappa shape index (κ1) is 23.6. The van der Waals surface area contributed by atoms with Gasteiger partial charge in [-0.25, -0.2) is 9.37 Å². The summed E-state index contributed by atoms with van der Waals surface area (Å²) >= 11 is 0. The van der Waals surface area contributed by atoms with Gasteiger partial charge in [0, 0.05) is 35.8 Å². The van der Waals surface area contributed by atoms with Crippen LogP contribution in [-0.2, 0) is 6.42 Å². The largest absolute Gasteiger partial charge is 0.489 e. The van der Waals surface area contributed by atoms with Crippen molar-refractivity contribution in [3.05, 3.63) is 95.8 Å². The lowest BCUT2D eigenvalue weighted by Crippen LogP contribution is -2.19. The number of halogens is 1. The molecule has 0 aliphatic carbocycles. The second-order valence-electron chi connectivity index (χ2n) is 9.08. The summed E-state index contributed by atoms with van der Waals surface area (Å²) in [7, 11) is 3.91. The molecule has 5 aromatic rings. The summed E-state index contributed by atoms with van der Waals surface area (Å²) in [4.78, 5) is 19.6. The Morgan fingerprint density at radius 1 is 0.972 bits per heavy atom. The van der Waals surface area contributed by atoms with E-state index in [9.17, 15) is 4.39 Å². The molecule has 0 amide bonds. The van der Waals surface area contributed by atoms with Gasteiger partial charge < -0.3 is 14.6 Å². The number of nitrogens with one attached hydrogen (secondary N) is 1. The fraction of sp³-hybridized carbons (Fsp3) is 0.207. The number of ether oxygens (including phenoxy) is 1. The van der Waals surface area contributed by atoms with Crippen LogP contribution in [0.3, 0.4) is 0 Å². The lowest BCUT2D eigenvalue weighted by atomic mass is 10.1. The van der Waals surface area contributed by atoms with E-state index in [-0.39, 0.29) is 11.6 Å². The molecule has 2 aromatic carbocycles. The number of aromatic amines is 1. The van der Waals surface area contributed by atoms with E-state index in [4.69, 9.17) is 14.7 Å². The van der Waals surface area contributed by atoms with Crippen molar-refractivity contribution in [1.29, 1.82) is 0 Å². The van der Waals surface area contributed by atoms with Crippen LogP contribution in [0.4, 0.5) is 4.39 Å². The molecule has 7 heteroatoms.